The number of anilines is 1. The number of fused-ring (bicyclic) bond motifs is 2. The van der Waals surface area contributed by atoms with Gasteiger partial charge in [0.2, 0.25) is 5.43 Å². The lowest BCUT2D eigenvalue weighted by Crippen LogP contribution is -2.27. The van der Waals surface area contributed by atoms with Crippen LogP contribution in [-0.2, 0) is 0 Å². The summed E-state index contributed by atoms with van der Waals surface area (Å²) in [6.07, 6.45) is 2.67. The third-order valence-electron chi connectivity index (χ3n) is 5.45. The molecule has 1 saturated heterocycles. The number of halogens is 1. The van der Waals surface area contributed by atoms with Crippen LogP contribution in [0.25, 0.3) is 21.1 Å². The molecule has 7 nitrogen and oxygen atoms in total. The second-order valence-corrected chi connectivity index (χ2v) is 8.07. The van der Waals surface area contributed by atoms with E-state index in [-0.39, 0.29) is 22.9 Å². The quantitative estimate of drug-likeness (QED) is 0.713. The van der Waals surface area contributed by atoms with Gasteiger partial charge in [-0.25, -0.2) is 4.39 Å². The molecule has 1 aromatic carbocycles. The number of aromatic nitrogens is 2. The van der Waals surface area contributed by atoms with E-state index in [9.17, 15) is 9.59 Å². The Morgan fingerprint density at radius 2 is 2.11 bits per heavy atom. The fourth-order valence-electron chi connectivity index (χ4n) is 4.08. The molecule has 2 aliphatic rings. The molecule has 3 N–H and O–H groups in total. The maximum Gasteiger partial charge on any atom is 0.271 e. The molecule has 3 aromatic rings. The van der Waals surface area contributed by atoms with E-state index in [0.717, 1.165) is 30.8 Å². The smallest absolute Gasteiger partial charge is 0.271 e. The zero-order valence-electron chi connectivity index (χ0n) is 14.8. The van der Waals surface area contributed by atoms with Crippen molar-refractivity contribution in [2.45, 2.75) is 31.3 Å². The van der Waals surface area contributed by atoms with Crippen molar-refractivity contribution >= 4 is 38.3 Å². The van der Waals surface area contributed by atoms with Crippen molar-refractivity contribution in [1.29, 1.82) is 0 Å². The summed E-state index contributed by atoms with van der Waals surface area (Å²) in [5.74, 6) is -0.190. The molecule has 0 bridgehead atoms. The van der Waals surface area contributed by atoms with E-state index in [2.05, 4.69) is 4.37 Å². The van der Waals surface area contributed by atoms with E-state index in [0.29, 0.717) is 34.9 Å². The lowest BCUT2D eigenvalue weighted by molar-refractivity contribution is 0.414. The number of methoxy groups -OCH3 is 1. The standard InChI is InChI=1S/C18H19FN4O3S/c1-26-16-13-10(6-11(19)14(16)22-5-4-8(20)7-22)15(24)12-17(25)21-27-18(12)23(13)9-2-3-9/h6,8-9H,2-5,7,20H2,1H3,(H,21,25)/t8-/m1/s1. The summed E-state index contributed by atoms with van der Waals surface area (Å²) in [5.41, 5.74) is 6.03. The van der Waals surface area contributed by atoms with Crippen LogP contribution in [0, 0.1) is 5.82 Å². The molecule has 5 rings (SSSR count). The molecule has 3 heterocycles. The molecule has 0 unspecified atom stereocenters. The minimum atomic E-state index is -0.529. The highest BCUT2D eigenvalue weighted by atomic mass is 32.1. The zero-order chi connectivity index (χ0) is 18.9. The lowest BCUT2D eigenvalue weighted by Gasteiger charge is -2.24. The first-order valence-corrected chi connectivity index (χ1v) is 9.79. The fraction of sp³-hybridized carbons (Fsp3) is 0.444. The van der Waals surface area contributed by atoms with Crippen LogP contribution in [0.2, 0.25) is 0 Å². The SMILES string of the molecule is COc1c(N2CC[C@@H](N)C2)c(F)cc2c(=O)c3c(=O)[nH]sc3n(C3CC3)c12. The Balaban J connectivity index is 1.94. The molecular formula is C18H19FN4O3S. The third kappa shape index (κ3) is 2.34. The zero-order valence-corrected chi connectivity index (χ0v) is 15.6. The second-order valence-electron chi connectivity index (χ2n) is 7.27. The van der Waals surface area contributed by atoms with Gasteiger partial charge in [-0.05, 0) is 36.9 Å². The first-order chi connectivity index (χ1) is 13.0. The summed E-state index contributed by atoms with van der Waals surface area (Å²) in [4.78, 5) is 27.6. The van der Waals surface area contributed by atoms with Crippen molar-refractivity contribution in [3.63, 3.8) is 0 Å². The highest BCUT2D eigenvalue weighted by Gasteiger charge is 2.33. The summed E-state index contributed by atoms with van der Waals surface area (Å²) < 4.78 is 25.4. The lowest BCUT2D eigenvalue weighted by atomic mass is 10.1. The van der Waals surface area contributed by atoms with E-state index in [1.165, 1.54) is 13.2 Å². The number of pyridine rings is 1. The molecule has 0 spiro atoms. The van der Waals surface area contributed by atoms with Crippen molar-refractivity contribution in [2.75, 3.05) is 25.1 Å². The summed E-state index contributed by atoms with van der Waals surface area (Å²) in [6.45, 7) is 1.17. The maximum absolute atomic E-state index is 15.1. The van der Waals surface area contributed by atoms with Crippen LogP contribution in [0.5, 0.6) is 5.75 Å². The number of aromatic amines is 1. The minimum Gasteiger partial charge on any atom is -0.492 e. The van der Waals surface area contributed by atoms with Gasteiger partial charge in [0.1, 0.15) is 15.9 Å². The van der Waals surface area contributed by atoms with E-state index >= 15 is 4.39 Å². The average molecular weight is 390 g/mol. The molecule has 1 aliphatic carbocycles. The summed E-state index contributed by atoms with van der Waals surface area (Å²) in [7, 11) is 1.49. The van der Waals surface area contributed by atoms with Gasteiger partial charge in [-0.2, -0.15) is 0 Å². The number of benzene rings is 1. The van der Waals surface area contributed by atoms with Crippen LogP contribution >= 0.6 is 11.5 Å². The van der Waals surface area contributed by atoms with Crippen LogP contribution in [0.15, 0.2) is 15.7 Å². The number of hydrogen-bond acceptors (Lipinski definition) is 6. The van der Waals surface area contributed by atoms with Crippen LogP contribution in [0.3, 0.4) is 0 Å². The summed E-state index contributed by atoms with van der Waals surface area (Å²) in [5, 5.41) is 0.275. The van der Waals surface area contributed by atoms with Crippen LogP contribution < -0.4 is 26.4 Å². The Kier molecular flexibility index (Phi) is 3.60. The average Bonchev–Trinajstić information content (AvgIpc) is 3.28. The Morgan fingerprint density at radius 3 is 2.74 bits per heavy atom. The Morgan fingerprint density at radius 1 is 1.33 bits per heavy atom. The number of rotatable bonds is 3. The van der Waals surface area contributed by atoms with Gasteiger partial charge >= 0.3 is 0 Å². The normalized spacial score (nSPS) is 20.1. The third-order valence-corrected chi connectivity index (χ3v) is 6.33. The molecule has 1 atom stereocenters. The van der Waals surface area contributed by atoms with Crippen molar-refractivity contribution in [3.8, 4) is 5.75 Å². The van der Waals surface area contributed by atoms with Gasteiger partial charge in [0, 0.05) is 25.2 Å². The van der Waals surface area contributed by atoms with E-state index < -0.39 is 16.8 Å². The molecule has 9 heteroatoms. The largest absolute Gasteiger partial charge is 0.492 e. The highest BCUT2D eigenvalue weighted by Crippen LogP contribution is 2.45. The van der Waals surface area contributed by atoms with Crippen molar-refractivity contribution < 1.29 is 9.13 Å². The fourth-order valence-corrected chi connectivity index (χ4v) is 5.00. The number of hydrogen-bond donors (Lipinski definition) is 2. The predicted molar refractivity (Wildman–Crippen MR) is 104 cm³/mol. The van der Waals surface area contributed by atoms with Crippen molar-refractivity contribution in [3.05, 3.63) is 32.5 Å². The van der Waals surface area contributed by atoms with Crippen molar-refractivity contribution in [2.24, 2.45) is 5.73 Å². The number of ether oxygens (including phenoxy) is 1. The van der Waals surface area contributed by atoms with Gasteiger partial charge in [-0.3, -0.25) is 14.0 Å². The molecule has 2 aromatic heterocycles. The number of nitrogens with one attached hydrogen (secondary N) is 1. The van der Waals surface area contributed by atoms with E-state index in [4.69, 9.17) is 10.5 Å². The van der Waals surface area contributed by atoms with Gasteiger partial charge in [0.05, 0.1) is 18.0 Å². The summed E-state index contributed by atoms with van der Waals surface area (Å²) >= 11 is 1.14. The van der Waals surface area contributed by atoms with Gasteiger partial charge in [-0.15, -0.1) is 0 Å². The number of H-pyrrole nitrogens is 1. The first kappa shape index (κ1) is 16.8. The van der Waals surface area contributed by atoms with Crippen LogP contribution in [0.1, 0.15) is 25.3 Å². The summed E-state index contributed by atoms with van der Waals surface area (Å²) in [6, 6.07) is 1.40. The van der Waals surface area contributed by atoms with Gasteiger partial charge < -0.3 is 19.9 Å². The maximum atomic E-state index is 15.1. The Bertz CT molecular complexity index is 1190. The molecule has 1 saturated carbocycles. The Hall–Kier alpha value is -2.39. The van der Waals surface area contributed by atoms with Crippen LogP contribution in [0.4, 0.5) is 10.1 Å². The molecule has 142 valence electrons. The topological polar surface area (TPSA) is 93.3 Å². The van der Waals surface area contributed by atoms with E-state index in [1.54, 1.807) is 0 Å². The van der Waals surface area contributed by atoms with Crippen LogP contribution in [-0.4, -0.2) is 35.2 Å². The second kappa shape index (κ2) is 5.80. The predicted octanol–water partition coefficient (Wildman–Crippen LogP) is 1.92. The molecule has 0 radical (unpaired) electrons. The minimum absolute atomic E-state index is 0.0205. The molecule has 1 aliphatic heterocycles. The van der Waals surface area contributed by atoms with Gasteiger partial charge in [0.15, 0.2) is 11.6 Å². The van der Waals surface area contributed by atoms with Gasteiger partial charge in [-0.1, -0.05) is 0 Å². The molecular weight excluding hydrogens is 371 g/mol. The monoisotopic (exact) mass is 390 g/mol. The van der Waals surface area contributed by atoms with Crippen molar-refractivity contribution in [1.82, 2.24) is 8.94 Å². The first-order valence-electron chi connectivity index (χ1n) is 8.97. The molecule has 27 heavy (non-hydrogen) atoms. The highest BCUT2D eigenvalue weighted by molar-refractivity contribution is 7.12. The van der Waals surface area contributed by atoms with E-state index in [1.807, 2.05) is 9.47 Å². The number of nitrogens with two attached hydrogens (primary N) is 1. The van der Waals surface area contributed by atoms with Gasteiger partial charge in [0.25, 0.3) is 5.56 Å². The molecule has 2 fully saturated rings. The number of nitrogens with zero attached hydrogens (tertiary/aromatic N) is 2. The Labute approximate surface area is 157 Å². The molecule has 0 amide bonds.